The molecule has 0 saturated carbocycles. The fraction of sp³-hybridized carbons (Fsp3) is 0.111. The number of nitrogens with two attached hydrogens (primary N) is 1. The lowest BCUT2D eigenvalue weighted by molar-refractivity contribution is 1.30. The minimum atomic E-state index is 0. The third-order valence-corrected chi connectivity index (χ3v) is 1.53. The fourth-order valence-electron chi connectivity index (χ4n) is 0.709. The van der Waals surface area contributed by atoms with Gasteiger partial charge in [-0.3, -0.25) is 0 Å². The van der Waals surface area contributed by atoms with E-state index in [9.17, 15) is 0 Å². The van der Waals surface area contributed by atoms with Crippen molar-refractivity contribution in [3.05, 3.63) is 34.9 Å². The van der Waals surface area contributed by atoms with Crippen molar-refractivity contribution < 1.29 is 0 Å². The molecule has 12 heavy (non-hydrogen) atoms. The van der Waals surface area contributed by atoms with E-state index in [2.05, 4.69) is 11.8 Å². The summed E-state index contributed by atoms with van der Waals surface area (Å²) in [6.07, 6.45) is 0. The Balaban J connectivity index is 0.00000121. The maximum Gasteiger partial charge on any atom is 0.0562 e. The highest BCUT2D eigenvalue weighted by Crippen LogP contribution is 2.12. The summed E-state index contributed by atoms with van der Waals surface area (Å²) in [5.74, 6) is 5.60. The molecule has 64 valence electrons. The van der Waals surface area contributed by atoms with E-state index in [4.69, 9.17) is 17.3 Å². The number of hydrogen-bond acceptors (Lipinski definition) is 1. The summed E-state index contributed by atoms with van der Waals surface area (Å²) in [6, 6.07) is 7.44. The van der Waals surface area contributed by atoms with E-state index < -0.39 is 0 Å². The summed E-state index contributed by atoms with van der Waals surface area (Å²) in [7, 11) is 0. The van der Waals surface area contributed by atoms with Gasteiger partial charge in [0.1, 0.15) is 0 Å². The largest absolute Gasteiger partial charge is 0.320 e. The van der Waals surface area contributed by atoms with Crippen molar-refractivity contribution in [2.75, 3.05) is 6.54 Å². The van der Waals surface area contributed by atoms with Gasteiger partial charge < -0.3 is 5.73 Å². The number of rotatable bonds is 0. The van der Waals surface area contributed by atoms with Crippen molar-refractivity contribution >= 4 is 24.0 Å². The molecule has 1 aromatic rings. The minimum absolute atomic E-state index is 0. The van der Waals surface area contributed by atoms with Crippen LogP contribution in [-0.2, 0) is 0 Å². The third-order valence-electron chi connectivity index (χ3n) is 1.20. The Morgan fingerprint density at radius 1 is 1.33 bits per heavy atom. The molecule has 0 amide bonds. The monoisotopic (exact) mass is 201 g/mol. The molecule has 1 aromatic carbocycles. The summed E-state index contributed by atoms with van der Waals surface area (Å²) in [5, 5.41) is 0.674. The third kappa shape index (κ3) is 3.15. The summed E-state index contributed by atoms with van der Waals surface area (Å²) in [6.45, 7) is 0.366. The lowest BCUT2D eigenvalue weighted by Gasteiger charge is -1.91. The summed E-state index contributed by atoms with van der Waals surface area (Å²) >= 11 is 5.82. The van der Waals surface area contributed by atoms with Crippen LogP contribution in [-0.4, -0.2) is 6.54 Å². The quantitative estimate of drug-likeness (QED) is 0.640. The molecule has 0 unspecified atom stereocenters. The average molecular weight is 202 g/mol. The molecule has 0 radical (unpaired) electrons. The van der Waals surface area contributed by atoms with Gasteiger partial charge in [0.25, 0.3) is 0 Å². The molecular weight excluding hydrogens is 193 g/mol. The van der Waals surface area contributed by atoms with E-state index in [1.807, 2.05) is 24.3 Å². The van der Waals surface area contributed by atoms with Crippen molar-refractivity contribution in [3.63, 3.8) is 0 Å². The first kappa shape index (κ1) is 11.3. The van der Waals surface area contributed by atoms with Crippen LogP contribution in [0.5, 0.6) is 0 Å². The molecule has 0 atom stereocenters. The summed E-state index contributed by atoms with van der Waals surface area (Å²) < 4.78 is 0. The first-order valence-corrected chi connectivity index (χ1v) is 3.66. The molecule has 2 N–H and O–H groups in total. The molecule has 0 aliphatic rings. The molecule has 0 aliphatic carbocycles. The first-order chi connectivity index (χ1) is 5.34. The van der Waals surface area contributed by atoms with Gasteiger partial charge in [-0.05, 0) is 12.1 Å². The molecule has 0 aliphatic heterocycles. The van der Waals surface area contributed by atoms with Crippen molar-refractivity contribution in [3.8, 4) is 11.8 Å². The first-order valence-electron chi connectivity index (χ1n) is 3.28. The number of halogens is 2. The SMILES string of the molecule is Cl.NCC#Cc1ccccc1Cl. The Morgan fingerprint density at radius 3 is 2.58 bits per heavy atom. The zero-order chi connectivity index (χ0) is 8.10. The van der Waals surface area contributed by atoms with Gasteiger partial charge in [0.05, 0.1) is 11.6 Å². The Kier molecular flexibility index (Phi) is 5.57. The van der Waals surface area contributed by atoms with Crippen molar-refractivity contribution in [1.82, 2.24) is 0 Å². The van der Waals surface area contributed by atoms with Crippen LogP contribution >= 0.6 is 24.0 Å². The predicted octanol–water partition coefficient (Wildman–Crippen LogP) is 2.07. The van der Waals surface area contributed by atoms with Gasteiger partial charge in [0.15, 0.2) is 0 Å². The molecule has 0 saturated heterocycles. The van der Waals surface area contributed by atoms with Crippen molar-refractivity contribution in [2.45, 2.75) is 0 Å². The average Bonchev–Trinajstić information content (AvgIpc) is 2.03. The van der Waals surface area contributed by atoms with E-state index in [-0.39, 0.29) is 12.4 Å². The highest BCUT2D eigenvalue weighted by atomic mass is 35.5. The molecule has 1 rings (SSSR count). The maximum atomic E-state index is 5.82. The van der Waals surface area contributed by atoms with Crippen molar-refractivity contribution in [1.29, 1.82) is 0 Å². The standard InChI is InChI=1S/C9H8ClN.ClH/c10-9-6-2-1-4-8(9)5-3-7-11;/h1-2,4,6H,7,11H2;1H. The van der Waals surface area contributed by atoms with Crippen molar-refractivity contribution in [2.24, 2.45) is 5.73 Å². The lowest BCUT2D eigenvalue weighted by Crippen LogP contribution is -1.93. The Morgan fingerprint density at radius 2 is 2.00 bits per heavy atom. The summed E-state index contributed by atoms with van der Waals surface area (Å²) in [4.78, 5) is 0. The highest BCUT2D eigenvalue weighted by molar-refractivity contribution is 6.31. The number of hydrogen-bond donors (Lipinski definition) is 1. The minimum Gasteiger partial charge on any atom is -0.320 e. The van der Waals surface area contributed by atoms with Crippen LogP contribution in [0, 0.1) is 11.8 Å². The summed E-state index contributed by atoms with van der Waals surface area (Å²) in [5.41, 5.74) is 6.04. The van der Waals surface area contributed by atoms with Crippen LogP contribution in [0.25, 0.3) is 0 Å². The maximum absolute atomic E-state index is 5.82. The zero-order valence-electron chi connectivity index (χ0n) is 6.38. The van der Waals surface area contributed by atoms with E-state index >= 15 is 0 Å². The molecule has 0 bridgehead atoms. The van der Waals surface area contributed by atoms with Gasteiger partial charge in [0.2, 0.25) is 0 Å². The smallest absolute Gasteiger partial charge is 0.0562 e. The van der Waals surface area contributed by atoms with Crippen LogP contribution in [0.2, 0.25) is 5.02 Å². The van der Waals surface area contributed by atoms with Gasteiger partial charge in [-0.15, -0.1) is 12.4 Å². The van der Waals surface area contributed by atoms with E-state index in [0.717, 1.165) is 5.56 Å². The molecule has 0 fully saturated rings. The van der Waals surface area contributed by atoms with Gasteiger partial charge in [-0.2, -0.15) is 0 Å². The highest BCUT2D eigenvalue weighted by Gasteiger charge is 1.91. The number of benzene rings is 1. The van der Waals surface area contributed by atoms with Gasteiger partial charge in [-0.25, -0.2) is 0 Å². The second-order valence-electron chi connectivity index (χ2n) is 1.99. The molecule has 1 nitrogen and oxygen atoms in total. The Bertz CT molecular complexity index is 299. The van der Waals surface area contributed by atoms with E-state index in [0.29, 0.717) is 11.6 Å². The molecule has 3 heteroatoms. The zero-order valence-corrected chi connectivity index (χ0v) is 7.95. The Hall–Kier alpha value is -0.680. The van der Waals surface area contributed by atoms with Gasteiger partial charge in [0, 0.05) is 5.56 Å². The molecule has 0 heterocycles. The van der Waals surface area contributed by atoms with Crippen LogP contribution in [0.1, 0.15) is 5.56 Å². The van der Waals surface area contributed by atoms with Crippen LogP contribution in [0.3, 0.4) is 0 Å². The van der Waals surface area contributed by atoms with E-state index in [1.165, 1.54) is 0 Å². The fourth-order valence-corrected chi connectivity index (χ4v) is 0.892. The second kappa shape index (κ2) is 5.91. The molecule has 0 aromatic heterocycles. The van der Waals surface area contributed by atoms with Crippen LogP contribution < -0.4 is 5.73 Å². The van der Waals surface area contributed by atoms with Gasteiger partial charge >= 0.3 is 0 Å². The van der Waals surface area contributed by atoms with Gasteiger partial charge in [-0.1, -0.05) is 35.6 Å². The van der Waals surface area contributed by atoms with Crippen LogP contribution in [0.15, 0.2) is 24.3 Å². The topological polar surface area (TPSA) is 26.0 Å². The lowest BCUT2D eigenvalue weighted by atomic mass is 10.2. The predicted molar refractivity (Wildman–Crippen MR) is 54.6 cm³/mol. The van der Waals surface area contributed by atoms with Crippen LogP contribution in [0.4, 0.5) is 0 Å². The normalized spacial score (nSPS) is 7.83. The molecular formula is C9H9Cl2N. The molecule has 0 spiro atoms. The second-order valence-corrected chi connectivity index (χ2v) is 2.39. The van der Waals surface area contributed by atoms with E-state index in [1.54, 1.807) is 0 Å². The Labute approximate surface area is 83.3 Å².